The molecule has 0 saturated heterocycles. The van der Waals surface area contributed by atoms with E-state index in [1.165, 1.54) is 17.2 Å². The lowest BCUT2D eigenvalue weighted by Crippen LogP contribution is -2.21. The van der Waals surface area contributed by atoms with Gasteiger partial charge in [0.05, 0.1) is 12.0 Å². The normalized spacial score (nSPS) is 20.4. The first kappa shape index (κ1) is 19.1. The van der Waals surface area contributed by atoms with Gasteiger partial charge in [0.15, 0.2) is 0 Å². The molecule has 1 aliphatic rings. The van der Waals surface area contributed by atoms with Gasteiger partial charge in [-0.25, -0.2) is 9.78 Å². The first-order valence-corrected chi connectivity index (χ1v) is 9.33. The van der Waals surface area contributed by atoms with Crippen molar-refractivity contribution in [2.45, 2.75) is 31.8 Å². The molecule has 142 valence electrons. The summed E-state index contributed by atoms with van der Waals surface area (Å²) < 4.78 is 7.53. The standard InChI is InChI=1S/C22H26N2O3/c1-24-14-20(23-16-24)10-11-22(26)27-21-9-5-2-6-17(15-25)12-18-7-3-4-8-19(18)13-21/h2-5,7-8,10-11,14,16-17,21,25H,6,9,12-13,15H2,1H3. The molecule has 1 aliphatic carbocycles. The van der Waals surface area contributed by atoms with Crippen molar-refractivity contribution >= 4 is 12.0 Å². The second kappa shape index (κ2) is 9.33. The number of carbonyl (C=O) groups excluding carboxylic acids is 1. The van der Waals surface area contributed by atoms with Gasteiger partial charge in [0.25, 0.3) is 0 Å². The van der Waals surface area contributed by atoms with E-state index in [-0.39, 0.29) is 24.6 Å². The van der Waals surface area contributed by atoms with E-state index < -0.39 is 0 Å². The third-order valence-corrected chi connectivity index (χ3v) is 4.77. The Kier molecular flexibility index (Phi) is 6.60. The molecule has 0 aliphatic heterocycles. The van der Waals surface area contributed by atoms with Crippen LogP contribution in [0.4, 0.5) is 0 Å². The van der Waals surface area contributed by atoms with Gasteiger partial charge in [-0.1, -0.05) is 36.4 Å². The summed E-state index contributed by atoms with van der Waals surface area (Å²) in [5.41, 5.74) is 3.12. The summed E-state index contributed by atoms with van der Waals surface area (Å²) in [4.78, 5) is 16.4. The maximum absolute atomic E-state index is 12.3. The number of benzene rings is 1. The quantitative estimate of drug-likeness (QED) is 0.513. The zero-order chi connectivity index (χ0) is 19.1. The molecule has 0 spiro atoms. The molecule has 27 heavy (non-hydrogen) atoms. The fourth-order valence-electron chi connectivity index (χ4n) is 3.32. The van der Waals surface area contributed by atoms with Crippen LogP contribution in [0, 0.1) is 5.92 Å². The Morgan fingerprint density at radius 2 is 2.00 bits per heavy atom. The molecule has 0 radical (unpaired) electrons. The first-order valence-electron chi connectivity index (χ1n) is 9.33. The van der Waals surface area contributed by atoms with E-state index in [4.69, 9.17) is 4.74 Å². The summed E-state index contributed by atoms with van der Waals surface area (Å²) in [6.07, 6.45) is 13.5. The number of carbonyl (C=O) groups is 1. The third kappa shape index (κ3) is 5.66. The van der Waals surface area contributed by atoms with E-state index in [1.807, 2.05) is 29.9 Å². The Bertz CT molecular complexity index is 822. The van der Waals surface area contributed by atoms with Crippen LogP contribution < -0.4 is 0 Å². The maximum atomic E-state index is 12.3. The van der Waals surface area contributed by atoms with Crippen LogP contribution in [0.15, 0.2) is 55.0 Å². The molecule has 5 nitrogen and oxygen atoms in total. The number of fused-ring (bicyclic) bond motifs is 1. The van der Waals surface area contributed by atoms with Crippen LogP contribution in [0.1, 0.15) is 29.7 Å². The van der Waals surface area contributed by atoms with Crippen molar-refractivity contribution < 1.29 is 14.6 Å². The summed E-state index contributed by atoms with van der Waals surface area (Å²) >= 11 is 0. The van der Waals surface area contributed by atoms with Crippen molar-refractivity contribution in [2.24, 2.45) is 13.0 Å². The molecule has 2 aromatic rings. The monoisotopic (exact) mass is 366 g/mol. The van der Waals surface area contributed by atoms with Gasteiger partial charge in [-0.05, 0) is 36.0 Å². The van der Waals surface area contributed by atoms with Crippen LogP contribution in [0.2, 0.25) is 0 Å². The molecule has 1 aromatic heterocycles. The minimum absolute atomic E-state index is 0.176. The second-order valence-corrected chi connectivity index (χ2v) is 7.02. The van der Waals surface area contributed by atoms with E-state index in [9.17, 15) is 9.90 Å². The van der Waals surface area contributed by atoms with Gasteiger partial charge in [-0.3, -0.25) is 0 Å². The lowest BCUT2D eigenvalue weighted by atomic mass is 9.90. The molecule has 1 N–H and O–H groups in total. The van der Waals surface area contributed by atoms with Crippen molar-refractivity contribution in [2.75, 3.05) is 6.61 Å². The molecular weight excluding hydrogens is 340 g/mol. The molecule has 2 atom stereocenters. The number of aliphatic hydroxyl groups excluding tert-OH is 1. The van der Waals surface area contributed by atoms with Crippen LogP contribution in [-0.2, 0) is 29.4 Å². The highest BCUT2D eigenvalue weighted by Crippen LogP contribution is 2.22. The number of nitrogens with zero attached hydrogens (tertiary/aromatic N) is 2. The van der Waals surface area contributed by atoms with Gasteiger partial charge in [0, 0.05) is 38.8 Å². The van der Waals surface area contributed by atoms with Gasteiger partial charge in [0.1, 0.15) is 6.10 Å². The largest absolute Gasteiger partial charge is 0.459 e. The van der Waals surface area contributed by atoms with Crippen molar-refractivity contribution in [3.8, 4) is 0 Å². The van der Waals surface area contributed by atoms with E-state index in [1.54, 1.807) is 12.4 Å². The minimum Gasteiger partial charge on any atom is -0.459 e. The zero-order valence-corrected chi connectivity index (χ0v) is 15.6. The molecule has 5 heteroatoms. The van der Waals surface area contributed by atoms with Gasteiger partial charge in [-0.2, -0.15) is 0 Å². The van der Waals surface area contributed by atoms with Crippen LogP contribution in [0.3, 0.4) is 0 Å². The fraction of sp³-hybridized carbons (Fsp3) is 0.364. The lowest BCUT2D eigenvalue weighted by Gasteiger charge is -2.21. The van der Waals surface area contributed by atoms with Crippen molar-refractivity contribution in [1.82, 2.24) is 9.55 Å². The van der Waals surface area contributed by atoms with Gasteiger partial charge >= 0.3 is 5.97 Å². The zero-order valence-electron chi connectivity index (χ0n) is 15.6. The molecule has 1 aromatic carbocycles. The smallest absolute Gasteiger partial charge is 0.331 e. The van der Waals surface area contributed by atoms with Crippen LogP contribution in [0.5, 0.6) is 0 Å². The third-order valence-electron chi connectivity index (χ3n) is 4.77. The molecule has 3 rings (SSSR count). The molecular formula is C22H26N2O3. The Morgan fingerprint density at radius 1 is 1.26 bits per heavy atom. The molecule has 0 saturated carbocycles. The maximum Gasteiger partial charge on any atom is 0.331 e. The highest BCUT2D eigenvalue weighted by atomic mass is 16.5. The number of esters is 1. The summed E-state index contributed by atoms with van der Waals surface area (Å²) in [7, 11) is 1.88. The van der Waals surface area contributed by atoms with Crippen LogP contribution in [-0.4, -0.2) is 33.3 Å². The predicted octanol–water partition coefficient (Wildman–Crippen LogP) is 3.09. The summed E-state index contributed by atoms with van der Waals surface area (Å²) in [5.74, 6) is -0.135. The summed E-state index contributed by atoms with van der Waals surface area (Å²) in [6.45, 7) is 0.176. The number of aromatic nitrogens is 2. The number of allylic oxidation sites excluding steroid dienone is 1. The summed E-state index contributed by atoms with van der Waals surface area (Å²) in [5, 5.41) is 9.60. The molecule has 0 amide bonds. The second-order valence-electron chi connectivity index (χ2n) is 7.02. The molecule has 0 fully saturated rings. The highest BCUT2D eigenvalue weighted by molar-refractivity contribution is 5.86. The van der Waals surface area contributed by atoms with Crippen LogP contribution >= 0.6 is 0 Å². The number of aliphatic hydroxyl groups is 1. The minimum atomic E-state index is -0.359. The summed E-state index contributed by atoms with van der Waals surface area (Å²) in [6, 6.07) is 8.21. The van der Waals surface area contributed by atoms with Crippen molar-refractivity contribution in [3.05, 3.63) is 71.8 Å². The number of hydrogen-bond acceptors (Lipinski definition) is 4. The van der Waals surface area contributed by atoms with Crippen molar-refractivity contribution in [3.63, 3.8) is 0 Å². The SMILES string of the molecule is Cn1cnc(C=CC(=O)OC2CC=CCC(CO)Cc3ccccc3C2)c1. The van der Waals surface area contributed by atoms with E-state index in [0.717, 1.165) is 18.5 Å². The topological polar surface area (TPSA) is 64.4 Å². The number of hydrogen-bond donors (Lipinski definition) is 1. The number of rotatable bonds is 4. The van der Waals surface area contributed by atoms with Gasteiger partial charge in [-0.15, -0.1) is 0 Å². The average Bonchev–Trinajstić information content (AvgIpc) is 3.09. The molecule has 0 bridgehead atoms. The van der Waals surface area contributed by atoms with Gasteiger partial charge < -0.3 is 14.4 Å². The molecule has 1 heterocycles. The molecule has 2 unspecified atom stereocenters. The first-order chi connectivity index (χ1) is 13.1. The van der Waals surface area contributed by atoms with Crippen molar-refractivity contribution in [1.29, 1.82) is 0 Å². The van der Waals surface area contributed by atoms with Crippen LogP contribution in [0.25, 0.3) is 6.08 Å². The van der Waals surface area contributed by atoms with E-state index >= 15 is 0 Å². The number of aryl methyl sites for hydroxylation is 1. The Hall–Kier alpha value is -2.66. The Balaban J connectivity index is 1.70. The van der Waals surface area contributed by atoms with Gasteiger partial charge in [0.2, 0.25) is 0 Å². The highest BCUT2D eigenvalue weighted by Gasteiger charge is 2.18. The number of imidazole rings is 1. The van der Waals surface area contributed by atoms with E-state index in [2.05, 4.69) is 29.3 Å². The Labute approximate surface area is 160 Å². The average molecular weight is 366 g/mol. The van der Waals surface area contributed by atoms with E-state index in [0.29, 0.717) is 12.8 Å². The number of ether oxygens (including phenoxy) is 1. The lowest BCUT2D eigenvalue weighted by molar-refractivity contribution is -0.142. The Morgan fingerprint density at radius 3 is 2.70 bits per heavy atom. The fourth-order valence-corrected chi connectivity index (χ4v) is 3.32. The predicted molar refractivity (Wildman–Crippen MR) is 105 cm³/mol.